The number of aromatic nitrogens is 1. The van der Waals surface area contributed by atoms with E-state index in [4.69, 9.17) is 0 Å². The number of amides is 1. The summed E-state index contributed by atoms with van der Waals surface area (Å²) in [5.74, 6) is -1.01. The lowest BCUT2D eigenvalue weighted by molar-refractivity contribution is -0.120. The van der Waals surface area contributed by atoms with E-state index in [0.717, 1.165) is 23.0 Å². The second kappa shape index (κ2) is 7.81. The minimum absolute atomic E-state index is 0.0621. The number of carbonyl (C=O) groups is 1. The van der Waals surface area contributed by atoms with Crippen molar-refractivity contribution >= 4 is 26.8 Å². The van der Waals surface area contributed by atoms with Gasteiger partial charge in [0, 0.05) is 5.39 Å². The molecular weight excluding hydrogens is 369 g/mol. The third-order valence-corrected chi connectivity index (χ3v) is 5.53. The Morgan fingerprint density at radius 2 is 1.89 bits per heavy atom. The third-order valence-electron chi connectivity index (χ3n) is 3.97. The van der Waals surface area contributed by atoms with Crippen LogP contribution >= 0.6 is 0 Å². The molecule has 3 aromatic rings. The molecule has 0 radical (unpaired) electrons. The molecule has 0 saturated carbocycles. The first-order valence-corrected chi connectivity index (χ1v) is 9.71. The van der Waals surface area contributed by atoms with Crippen LogP contribution in [0.25, 0.3) is 10.9 Å². The summed E-state index contributed by atoms with van der Waals surface area (Å²) in [6.07, 6.45) is 0. The predicted octanol–water partition coefficient (Wildman–Crippen LogP) is 2.28. The lowest BCUT2D eigenvalue weighted by Crippen LogP contribution is -2.36. The van der Waals surface area contributed by atoms with Crippen molar-refractivity contribution in [3.05, 3.63) is 71.7 Å². The Kier molecular flexibility index (Phi) is 5.48. The first kappa shape index (κ1) is 18.9. The van der Waals surface area contributed by atoms with Gasteiger partial charge < -0.3 is 5.32 Å². The molecule has 6 nitrogen and oxygen atoms in total. The number of rotatable bonds is 6. The van der Waals surface area contributed by atoms with Crippen LogP contribution in [-0.2, 0) is 21.4 Å². The molecule has 3 rings (SSSR count). The van der Waals surface area contributed by atoms with Gasteiger partial charge in [0.05, 0.1) is 29.2 Å². The molecule has 1 aromatic heterocycles. The van der Waals surface area contributed by atoms with E-state index >= 15 is 0 Å². The molecule has 140 valence electrons. The number of nitrogens with one attached hydrogen (secondary N) is 2. The molecular formula is C19H18FN3O3S. The van der Waals surface area contributed by atoms with Gasteiger partial charge in [-0.25, -0.2) is 17.5 Å². The fraction of sp³-hybridized carbons (Fsp3) is 0.158. The smallest absolute Gasteiger partial charge is 0.241 e. The van der Waals surface area contributed by atoms with Gasteiger partial charge in [-0.1, -0.05) is 24.3 Å². The van der Waals surface area contributed by atoms with Gasteiger partial charge in [-0.05, 0) is 42.8 Å². The van der Waals surface area contributed by atoms with E-state index in [1.54, 1.807) is 6.07 Å². The number of para-hydroxylation sites is 1. The summed E-state index contributed by atoms with van der Waals surface area (Å²) in [4.78, 5) is 16.3. The van der Waals surface area contributed by atoms with Crippen LogP contribution in [0.1, 0.15) is 11.3 Å². The quantitative estimate of drug-likeness (QED) is 0.679. The summed E-state index contributed by atoms with van der Waals surface area (Å²) in [6.45, 7) is 1.25. The van der Waals surface area contributed by atoms with E-state index in [9.17, 15) is 17.6 Å². The van der Waals surface area contributed by atoms with Gasteiger partial charge >= 0.3 is 0 Å². The van der Waals surface area contributed by atoms with Gasteiger partial charge in [-0.15, -0.1) is 0 Å². The fourth-order valence-corrected chi connectivity index (χ4v) is 3.82. The van der Waals surface area contributed by atoms with Gasteiger partial charge in [0.2, 0.25) is 15.9 Å². The highest BCUT2D eigenvalue weighted by Crippen LogP contribution is 2.15. The number of nitrogens with zero attached hydrogens (tertiary/aromatic N) is 1. The maximum atomic E-state index is 13.1. The second-order valence-corrected chi connectivity index (χ2v) is 7.74. The van der Waals surface area contributed by atoms with Crippen molar-refractivity contribution in [3.8, 4) is 0 Å². The van der Waals surface area contributed by atoms with E-state index in [0.29, 0.717) is 5.69 Å². The Morgan fingerprint density at radius 3 is 2.67 bits per heavy atom. The Hall–Kier alpha value is -2.84. The summed E-state index contributed by atoms with van der Waals surface area (Å²) in [7, 11) is -3.91. The van der Waals surface area contributed by atoms with Gasteiger partial charge in [0.15, 0.2) is 0 Å². The number of halogens is 1. The van der Waals surface area contributed by atoms with Crippen molar-refractivity contribution in [2.45, 2.75) is 18.4 Å². The summed E-state index contributed by atoms with van der Waals surface area (Å²) in [6, 6.07) is 14.7. The highest BCUT2D eigenvalue weighted by Gasteiger charge is 2.18. The van der Waals surface area contributed by atoms with Crippen molar-refractivity contribution in [2.24, 2.45) is 0 Å². The minimum Gasteiger partial charge on any atom is -0.349 e. The van der Waals surface area contributed by atoms with Crippen LogP contribution in [0.4, 0.5) is 4.39 Å². The highest BCUT2D eigenvalue weighted by molar-refractivity contribution is 7.89. The summed E-state index contributed by atoms with van der Waals surface area (Å²) >= 11 is 0. The molecule has 0 aliphatic carbocycles. The molecule has 1 heterocycles. The van der Waals surface area contributed by atoms with Gasteiger partial charge in [0.25, 0.3) is 0 Å². The molecule has 8 heteroatoms. The van der Waals surface area contributed by atoms with E-state index < -0.39 is 28.3 Å². The maximum Gasteiger partial charge on any atom is 0.241 e. The number of hydrogen-bond acceptors (Lipinski definition) is 4. The predicted molar refractivity (Wildman–Crippen MR) is 99.9 cm³/mol. The van der Waals surface area contributed by atoms with E-state index in [1.165, 1.54) is 13.0 Å². The van der Waals surface area contributed by atoms with Crippen LogP contribution < -0.4 is 10.0 Å². The van der Waals surface area contributed by atoms with Gasteiger partial charge in [-0.2, -0.15) is 0 Å². The third kappa shape index (κ3) is 4.66. The zero-order chi connectivity index (χ0) is 19.4. The van der Waals surface area contributed by atoms with Crippen LogP contribution in [0, 0.1) is 12.7 Å². The number of carbonyl (C=O) groups excluding carboxylic acids is 1. The van der Waals surface area contributed by atoms with E-state index in [-0.39, 0.29) is 17.0 Å². The minimum atomic E-state index is -3.91. The number of hydrogen-bond donors (Lipinski definition) is 2. The van der Waals surface area contributed by atoms with Crippen LogP contribution in [0.5, 0.6) is 0 Å². The van der Waals surface area contributed by atoms with Crippen LogP contribution in [0.15, 0.2) is 59.5 Å². The van der Waals surface area contributed by atoms with Crippen molar-refractivity contribution in [1.29, 1.82) is 0 Å². The van der Waals surface area contributed by atoms with Crippen LogP contribution in [0.3, 0.4) is 0 Å². The largest absolute Gasteiger partial charge is 0.349 e. The van der Waals surface area contributed by atoms with Crippen LogP contribution in [-0.4, -0.2) is 25.9 Å². The molecule has 0 bridgehead atoms. The van der Waals surface area contributed by atoms with E-state index in [2.05, 4.69) is 15.0 Å². The molecule has 0 fully saturated rings. The van der Waals surface area contributed by atoms with Crippen LogP contribution in [0.2, 0.25) is 0 Å². The average Bonchev–Trinajstić information content (AvgIpc) is 2.64. The Bertz CT molecular complexity index is 1100. The Balaban J connectivity index is 1.58. The molecule has 27 heavy (non-hydrogen) atoms. The zero-order valence-electron chi connectivity index (χ0n) is 14.6. The van der Waals surface area contributed by atoms with Crippen molar-refractivity contribution in [1.82, 2.24) is 15.0 Å². The van der Waals surface area contributed by atoms with Crippen molar-refractivity contribution in [2.75, 3.05) is 6.54 Å². The van der Waals surface area contributed by atoms with E-state index in [1.807, 2.05) is 30.3 Å². The molecule has 0 aliphatic heterocycles. The number of sulfonamides is 1. The molecule has 0 spiro atoms. The summed E-state index contributed by atoms with van der Waals surface area (Å²) < 4.78 is 39.9. The normalized spacial score (nSPS) is 11.5. The number of pyridine rings is 1. The second-order valence-electron chi connectivity index (χ2n) is 6.01. The van der Waals surface area contributed by atoms with Crippen molar-refractivity contribution < 1.29 is 17.6 Å². The lowest BCUT2D eigenvalue weighted by atomic mass is 10.2. The van der Waals surface area contributed by atoms with Gasteiger partial charge in [0.1, 0.15) is 5.82 Å². The molecule has 2 N–H and O–H groups in total. The standard InChI is InChI=1S/C19H18FN3O3S/c1-13-10-15(20)7-9-18(13)27(25,26)22-12-19(24)21-11-16-8-6-14-4-2-3-5-17(14)23-16/h2-10,22H,11-12H2,1H3,(H,21,24). The number of aryl methyl sites for hydroxylation is 1. The zero-order valence-corrected chi connectivity index (χ0v) is 15.4. The van der Waals surface area contributed by atoms with Gasteiger partial charge in [-0.3, -0.25) is 9.78 Å². The Morgan fingerprint density at radius 1 is 1.11 bits per heavy atom. The fourth-order valence-electron chi connectivity index (χ4n) is 2.61. The lowest BCUT2D eigenvalue weighted by Gasteiger charge is -2.10. The maximum absolute atomic E-state index is 13.1. The number of benzene rings is 2. The Labute approximate surface area is 156 Å². The summed E-state index contributed by atoms with van der Waals surface area (Å²) in [5.41, 5.74) is 1.75. The topological polar surface area (TPSA) is 88.2 Å². The first-order valence-electron chi connectivity index (χ1n) is 8.22. The molecule has 0 aliphatic rings. The molecule has 0 atom stereocenters. The molecule has 0 unspecified atom stereocenters. The molecule has 1 amide bonds. The summed E-state index contributed by atoms with van der Waals surface area (Å²) in [5, 5.41) is 3.62. The first-order chi connectivity index (χ1) is 12.8. The SMILES string of the molecule is Cc1cc(F)ccc1S(=O)(=O)NCC(=O)NCc1ccc2ccccc2n1. The highest BCUT2D eigenvalue weighted by atomic mass is 32.2. The molecule has 0 saturated heterocycles. The average molecular weight is 387 g/mol. The molecule has 2 aromatic carbocycles. The monoisotopic (exact) mass is 387 g/mol. The number of fused-ring (bicyclic) bond motifs is 1. The van der Waals surface area contributed by atoms with Crippen molar-refractivity contribution in [3.63, 3.8) is 0 Å².